The smallest absolute Gasteiger partial charge is 0.410 e. The highest BCUT2D eigenvalue weighted by molar-refractivity contribution is 5.70. The van der Waals surface area contributed by atoms with Gasteiger partial charge in [-0.1, -0.05) is 11.3 Å². The number of pyridine rings is 2. The summed E-state index contributed by atoms with van der Waals surface area (Å²) in [7, 11) is 0. The normalized spacial score (nSPS) is 15.1. The summed E-state index contributed by atoms with van der Waals surface area (Å²) in [6.07, 6.45) is 3.02. The maximum atomic E-state index is 12.3. The van der Waals surface area contributed by atoms with E-state index in [1.54, 1.807) is 11.1 Å². The van der Waals surface area contributed by atoms with Crippen LogP contribution in [0.25, 0.3) is 16.9 Å². The third-order valence-electron chi connectivity index (χ3n) is 6.21. The van der Waals surface area contributed by atoms with E-state index >= 15 is 0 Å². The molecule has 5 rings (SSSR count). The van der Waals surface area contributed by atoms with E-state index in [9.17, 15) is 4.79 Å². The quantitative estimate of drug-likeness (QED) is 0.406. The first kappa shape index (κ1) is 23.8. The molecular weight excluding hydrogens is 458 g/mol. The summed E-state index contributed by atoms with van der Waals surface area (Å²) >= 11 is 0. The lowest BCUT2D eigenvalue weighted by Gasteiger charge is -2.39. The minimum Gasteiger partial charge on any atom is -0.469 e. The Morgan fingerprint density at radius 2 is 1.92 bits per heavy atom. The van der Waals surface area contributed by atoms with Crippen molar-refractivity contribution in [1.29, 1.82) is 0 Å². The number of hydrogen-bond donors (Lipinski definition) is 0. The highest BCUT2D eigenvalue weighted by atomic mass is 16.6. The lowest BCUT2D eigenvalue weighted by atomic mass is 10.1. The number of aryl methyl sites for hydroxylation is 1. The van der Waals surface area contributed by atoms with Crippen molar-refractivity contribution in [2.75, 3.05) is 13.1 Å². The molecule has 5 heterocycles. The minimum absolute atomic E-state index is 0.0519. The van der Waals surface area contributed by atoms with Gasteiger partial charge in [0.25, 0.3) is 0 Å². The molecule has 1 aliphatic heterocycles. The second-order valence-electron chi connectivity index (χ2n) is 10.2. The zero-order valence-corrected chi connectivity index (χ0v) is 21.5. The van der Waals surface area contributed by atoms with Crippen LogP contribution in [0.15, 0.2) is 42.7 Å². The van der Waals surface area contributed by atoms with Gasteiger partial charge in [0.15, 0.2) is 0 Å². The summed E-state index contributed by atoms with van der Waals surface area (Å²) in [6, 6.07) is 9.78. The van der Waals surface area contributed by atoms with Crippen LogP contribution in [0.2, 0.25) is 0 Å². The molecule has 1 atom stereocenters. The Kier molecular flexibility index (Phi) is 5.89. The van der Waals surface area contributed by atoms with Crippen molar-refractivity contribution >= 4 is 11.7 Å². The van der Waals surface area contributed by atoms with Gasteiger partial charge in [0.05, 0.1) is 17.4 Å². The van der Waals surface area contributed by atoms with Crippen LogP contribution in [-0.4, -0.2) is 59.0 Å². The molecule has 0 saturated carbocycles. The van der Waals surface area contributed by atoms with E-state index in [0.717, 1.165) is 34.0 Å². The Morgan fingerprint density at radius 1 is 1.14 bits per heavy atom. The molecule has 4 aromatic heterocycles. The van der Waals surface area contributed by atoms with E-state index in [4.69, 9.17) is 9.47 Å². The van der Waals surface area contributed by atoms with Crippen LogP contribution >= 0.6 is 0 Å². The van der Waals surface area contributed by atoms with Crippen LogP contribution in [0.3, 0.4) is 0 Å². The Bertz CT molecular complexity index is 1400. The lowest BCUT2D eigenvalue weighted by molar-refractivity contribution is -0.000882. The Labute approximate surface area is 209 Å². The Balaban J connectivity index is 1.40. The number of imidazole rings is 1. The van der Waals surface area contributed by atoms with Gasteiger partial charge in [-0.25, -0.2) is 14.5 Å². The third-order valence-corrected chi connectivity index (χ3v) is 6.21. The summed E-state index contributed by atoms with van der Waals surface area (Å²) in [4.78, 5) is 23.0. The second kappa shape index (κ2) is 8.92. The average molecular weight is 490 g/mol. The predicted octanol–water partition coefficient (Wildman–Crippen LogP) is 4.54. The Hall–Kier alpha value is -3.95. The van der Waals surface area contributed by atoms with E-state index in [0.29, 0.717) is 19.0 Å². The van der Waals surface area contributed by atoms with Crippen molar-refractivity contribution in [3.05, 3.63) is 59.8 Å². The fourth-order valence-electron chi connectivity index (χ4n) is 4.34. The van der Waals surface area contributed by atoms with Crippen molar-refractivity contribution in [2.24, 2.45) is 0 Å². The molecule has 0 radical (unpaired) electrons. The number of amides is 1. The van der Waals surface area contributed by atoms with Crippen LogP contribution in [0.1, 0.15) is 56.9 Å². The first-order valence-corrected chi connectivity index (χ1v) is 12.1. The third kappa shape index (κ3) is 4.50. The summed E-state index contributed by atoms with van der Waals surface area (Å²) in [5, 5.41) is 8.90. The van der Waals surface area contributed by atoms with Gasteiger partial charge < -0.3 is 14.4 Å². The zero-order chi connectivity index (χ0) is 25.6. The van der Waals surface area contributed by atoms with Gasteiger partial charge in [-0.05, 0) is 59.7 Å². The minimum atomic E-state index is -0.518. The van der Waals surface area contributed by atoms with Crippen molar-refractivity contribution in [3.63, 3.8) is 0 Å². The highest BCUT2D eigenvalue weighted by Gasteiger charge is 2.36. The number of hydrogen-bond acceptors (Lipinski definition) is 7. The number of rotatable bonds is 5. The van der Waals surface area contributed by atoms with Crippen molar-refractivity contribution < 1.29 is 14.3 Å². The fourth-order valence-corrected chi connectivity index (χ4v) is 4.34. The van der Waals surface area contributed by atoms with Crippen molar-refractivity contribution in [3.8, 4) is 17.1 Å². The second-order valence-corrected chi connectivity index (χ2v) is 10.2. The molecule has 1 fully saturated rings. The fraction of sp³-hybridized carbons (Fsp3) is 0.423. The maximum Gasteiger partial charge on any atom is 0.410 e. The molecule has 1 aliphatic rings. The molecule has 0 aliphatic carbocycles. The first-order valence-electron chi connectivity index (χ1n) is 12.1. The number of carbonyl (C=O) groups is 1. The van der Waals surface area contributed by atoms with Gasteiger partial charge in [-0.2, -0.15) is 0 Å². The van der Waals surface area contributed by atoms with Gasteiger partial charge in [0.1, 0.15) is 23.0 Å². The largest absolute Gasteiger partial charge is 0.469 e. The molecule has 36 heavy (non-hydrogen) atoms. The van der Waals surface area contributed by atoms with Crippen LogP contribution in [0.4, 0.5) is 4.79 Å². The summed E-state index contributed by atoms with van der Waals surface area (Å²) < 4.78 is 15.7. The van der Waals surface area contributed by atoms with Gasteiger partial charge in [0, 0.05) is 42.8 Å². The topological polar surface area (TPSA) is 99.7 Å². The molecule has 10 nitrogen and oxygen atoms in total. The molecule has 10 heteroatoms. The molecule has 0 spiro atoms. The van der Waals surface area contributed by atoms with Crippen molar-refractivity contribution in [1.82, 2.24) is 34.3 Å². The number of aromatic nitrogens is 6. The van der Waals surface area contributed by atoms with Crippen LogP contribution in [-0.2, 0) is 4.74 Å². The molecule has 1 amide bonds. The molecule has 1 saturated heterocycles. The van der Waals surface area contributed by atoms with E-state index in [2.05, 4.69) is 20.3 Å². The van der Waals surface area contributed by atoms with Gasteiger partial charge >= 0.3 is 6.09 Å². The van der Waals surface area contributed by atoms with E-state index < -0.39 is 5.60 Å². The monoisotopic (exact) mass is 489 g/mol. The highest BCUT2D eigenvalue weighted by Crippen LogP contribution is 2.32. The lowest BCUT2D eigenvalue weighted by Crippen LogP contribution is -2.52. The SMILES string of the molecule is Cc1c(-c2cc(O[C@H](C)c3ccccn3)n3c(C)cnc3c2)nnn1C1CN(C(=O)OC(C)(C)C)C1. The number of fused-ring (bicyclic) bond motifs is 1. The van der Waals surface area contributed by atoms with E-state index in [-0.39, 0.29) is 18.2 Å². The molecule has 188 valence electrons. The predicted molar refractivity (Wildman–Crippen MR) is 134 cm³/mol. The van der Waals surface area contributed by atoms with Crippen LogP contribution < -0.4 is 4.74 Å². The Morgan fingerprint density at radius 3 is 2.61 bits per heavy atom. The number of ether oxygens (including phenoxy) is 2. The van der Waals surface area contributed by atoms with Gasteiger partial charge in [-0.3, -0.25) is 9.38 Å². The molecule has 0 bridgehead atoms. The summed E-state index contributed by atoms with van der Waals surface area (Å²) in [5.41, 5.74) is 4.60. The zero-order valence-electron chi connectivity index (χ0n) is 21.5. The summed E-state index contributed by atoms with van der Waals surface area (Å²) in [5.74, 6) is 0.657. The number of likely N-dealkylation sites (tertiary alicyclic amines) is 1. The van der Waals surface area contributed by atoms with E-state index in [1.165, 1.54) is 0 Å². The van der Waals surface area contributed by atoms with Crippen LogP contribution in [0, 0.1) is 13.8 Å². The molecule has 0 aromatic carbocycles. The summed E-state index contributed by atoms with van der Waals surface area (Å²) in [6.45, 7) is 12.6. The van der Waals surface area contributed by atoms with Gasteiger partial charge in [0.2, 0.25) is 5.88 Å². The van der Waals surface area contributed by atoms with Crippen molar-refractivity contribution in [2.45, 2.75) is 59.3 Å². The maximum absolute atomic E-state index is 12.3. The first-order chi connectivity index (χ1) is 17.1. The van der Waals surface area contributed by atoms with E-state index in [1.807, 2.05) is 87.2 Å². The number of carbonyl (C=O) groups excluding carboxylic acids is 1. The molecule has 0 unspecified atom stereocenters. The molecular formula is C26H31N7O3. The van der Waals surface area contributed by atoms with Crippen LogP contribution in [0.5, 0.6) is 5.88 Å². The standard InChI is InChI=1S/C26H31N7O3/c1-16-13-28-22-11-19(12-23(32(16)22)35-18(3)21-9-7-8-10-27-21)24-17(2)33(30-29-24)20-14-31(15-20)25(34)36-26(4,5)6/h7-13,18,20H,14-15H2,1-6H3/t18-/m1/s1. The molecule has 4 aromatic rings. The van der Waals surface area contributed by atoms with Gasteiger partial charge in [-0.15, -0.1) is 5.10 Å². The molecule has 0 N–H and O–H groups in total. The average Bonchev–Trinajstić information content (AvgIpc) is 3.35. The number of nitrogens with zero attached hydrogens (tertiary/aromatic N) is 7.